The van der Waals surface area contributed by atoms with Gasteiger partial charge >= 0.3 is 6.03 Å². The van der Waals surface area contributed by atoms with Gasteiger partial charge in [-0.2, -0.15) is 0 Å². The third-order valence-electron chi connectivity index (χ3n) is 4.97. The van der Waals surface area contributed by atoms with E-state index >= 15 is 0 Å². The molecule has 27 heavy (non-hydrogen) atoms. The Morgan fingerprint density at radius 2 is 1.78 bits per heavy atom. The van der Waals surface area contributed by atoms with Gasteiger partial charge in [0.2, 0.25) is 0 Å². The lowest BCUT2D eigenvalue weighted by Crippen LogP contribution is -2.36. The molecule has 0 spiro atoms. The van der Waals surface area contributed by atoms with Crippen LogP contribution in [0.1, 0.15) is 30.7 Å². The molecular weight excluding hydrogens is 381 g/mol. The van der Waals surface area contributed by atoms with Crippen LogP contribution in [-0.2, 0) is 0 Å². The summed E-state index contributed by atoms with van der Waals surface area (Å²) in [4.78, 5) is 14.4. The number of carbonyl (C=O) groups excluding carboxylic acids is 1. The second-order valence-corrected chi connectivity index (χ2v) is 7.70. The second kappa shape index (κ2) is 9.98. The molecule has 0 bridgehead atoms. The Bertz CT molecular complexity index is 746. The fourth-order valence-corrected chi connectivity index (χ4v) is 3.77. The number of hydrogen-bond acceptors (Lipinski definition) is 2. The van der Waals surface area contributed by atoms with E-state index in [-0.39, 0.29) is 6.03 Å². The van der Waals surface area contributed by atoms with Gasteiger partial charge in [0.05, 0.1) is 10.0 Å². The Labute approximate surface area is 170 Å². The Kier molecular flexibility index (Phi) is 7.39. The number of anilines is 1. The largest absolute Gasteiger partial charge is 0.338 e. The van der Waals surface area contributed by atoms with E-state index in [1.165, 1.54) is 18.4 Å². The number of amides is 2. The first-order valence-corrected chi connectivity index (χ1v) is 10.1. The Morgan fingerprint density at radius 1 is 1.04 bits per heavy atom. The molecule has 2 aromatic carbocycles. The summed E-state index contributed by atoms with van der Waals surface area (Å²) in [5.74, 6) is 0.678. The molecule has 6 heteroatoms. The average molecular weight is 406 g/mol. The normalized spacial score (nSPS) is 15.5. The lowest BCUT2D eigenvalue weighted by atomic mass is 9.89. The highest BCUT2D eigenvalue weighted by Crippen LogP contribution is 2.27. The molecule has 0 saturated carbocycles. The number of carbonyl (C=O) groups is 1. The van der Waals surface area contributed by atoms with Crippen LogP contribution in [0.15, 0.2) is 48.5 Å². The van der Waals surface area contributed by atoms with E-state index in [1.54, 1.807) is 18.2 Å². The van der Waals surface area contributed by atoms with E-state index in [1.807, 2.05) is 0 Å². The van der Waals surface area contributed by atoms with E-state index in [9.17, 15) is 4.79 Å². The van der Waals surface area contributed by atoms with E-state index in [0.29, 0.717) is 28.2 Å². The first-order valence-electron chi connectivity index (χ1n) is 9.39. The summed E-state index contributed by atoms with van der Waals surface area (Å²) in [6.45, 7) is 3.89. The standard InChI is InChI=1S/C21H25Cl2N3O/c22-19-8-7-18(15-20(19)23)25-21(27)24-11-4-12-26-13-9-17(10-14-26)16-5-2-1-3-6-16/h1-3,5-8,15,17H,4,9-14H2,(H2,24,25,27). The van der Waals surface area contributed by atoms with Gasteiger partial charge in [-0.1, -0.05) is 53.5 Å². The van der Waals surface area contributed by atoms with Gasteiger partial charge in [0, 0.05) is 12.2 Å². The van der Waals surface area contributed by atoms with Crippen molar-refractivity contribution >= 4 is 34.9 Å². The molecule has 1 aliphatic rings. The molecule has 2 N–H and O–H groups in total. The highest BCUT2D eigenvalue weighted by atomic mass is 35.5. The minimum atomic E-state index is -0.226. The molecule has 4 nitrogen and oxygen atoms in total. The fourth-order valence-electron chi connectivity index (χ4n) is 3.47. The maximum absolute atomic E-state index is 11.9. The van der Waals surface area contributed by atoms with Crippen molar-refractivity contribution in [1.29, 1.82) is 0 Å². The molecular formula is C21H25Cl2N3O. The molecule has 0 aliphatic carbocycles. The average Bonchev–Trinajstić information content (AvgIpc) is 2.69. The summed E-state index contributed by atoms with van der Waals surface area (Å²) in [6, 6.07) is 15.6. The Hall–Kier alpha value is -1.75. The second-order valence-electron chi connectivity index (χ2n) is 6.89. The number of likely N-dealkylation sites (tertiary alicyclic amines) is 1. The monoisotopic (exact) mass is 405 g/mol. The molecule has 1 heterocycles. The number of halogens is 2. The summed E-state index contributed by atoms with van der Waals surface area (Å²) in [6.07, 6.45) is 3.34. The van der Waals surface area contributed by atoms with Crippen molar-refractivity contribution in [3.63, 3.8) is 0 Å². The van der Waals surface area contributed by atoms with Crippen molar-refractivity contribution in [2.75, 3.05) is 31.5 Å². The van der Waals surface area contributed by atoms with Crippen LogP contribution in [0.4, 0.5) is 10.5 Å². The van der Waals surface area contributed by atoms with Crippen molar-refractivity contribution < 1.29 is 4.79 Å². The van der Waals surface area contributed by atoms with Gasteiger partial charge in [0.15, 0.2) is 0 Å². The van der Waals surface area contributed by atoms with Crippen molar-refractivity contribution in [3.05, 3.63) is 64.1 Å². The molecule has 1 fully saturated rings. The van der Waals surface area contributed by atoms with Gasteiger partial charge in [-0.3, -0.25) is 0 Å². The molecule has 0 aromatic heterocycles. The zero-order valence-electron chi connectivity index (χ0n) is 15.3. The zero-order chi connectivity index (χ0) is 19.1. The minimum absolute atomic E-state index is 0.226. The summed E-state index contributed by atoms with van der Waals surface area (Å²) in [5, 5.41) is 6.55. The lowest BCUT2D eigenvalue weighted by Gasteiger charge is -2.32. The molecule has 1 saturated heterocycles. The third kappa shape index (κ3) is 6.13. The maximum atomic E-state index is 11.9. The summed E-state index contributed by atoms with van der Waals surface area (Å²) >= 11 is 11.8. The van der Waals surface area contributed by atoms with Gasteiger partial charge in [-0.15, -0.1) is 0 Å². The van der Waals surface area contributed by atoms with Crippen LogP contribution in [0.2, 0.25) is 10.0 Å². The molecule has 0 atom stereocenters. The van der Waals surface area contributed by atoms with Gasteiger partial charge in [-0.25, -0.2) is 4.79 Å². The zero-order valence-corrected chi connectivity index (χ0v) is 16.8. The summed E-state index contributed by atoms with van der Waals surface area (Å²) in [7, 11) is 0. The van der Waals surface area contributed by atoms with Crippen LogP contribution in [0, 0.1) is 0 Å². The summed E-state index contributed by atoms with van der Waals surface area (Å²) in [5.41, 5.74) is 2.09. The van der Waals surface area contributed by atoms with Crippen molar-refractivity contribution in [2.24, 2.45) is 0 Å². The Morgan fingerprint density at radius 3 is 2.48 bits per heavy atom. The molecule has 0 radical (unpaired) electrons. The van der Waals surface area contributed by atoms with Crippen LogP contribution >= 0.6 is 23.2 Å². The van der Waals surface area contributed by atoms with Gasteiger partial charge in [-0.05, 0) is 68.6 Å². The topological polar surface area (TPSA) is 44.4 Å². The SMILES string of the molecule is O=C(NCCCN1CCC(c2ccccc2)CC1)Nc1ccc(Cl)c(Cl)c1. The number of nitrogens with zero attached hydrogens (tertiary/aromatic N) is 1. The smallest absolute Gasteiger partial charge is 0.319 e. The van der Waals surface area contributed by atoms with Crippen molar-refractivity contribution in [1.82, 2.24) is 10.2 Å². The maximum Gasteiger partial charge on any atom is 0.319 e. The number of rotatable bonds is 6. The van der Waals surface area contributed by atoms with Gasteiger partial charge in [0.1, 0.15) is 0 Å². The molecule has 3 rings (SSSR count). The van der Waals surface area contributed by atoms with E-state index in [2.05, 4.69) is 45.9 Å². The highest BCUT2D eigenvalue weighted by molar-refractivity contribution is 6.42. The molecule has 0 unspecified atom stereocenters. The van der Waals surface area contributed by atoms with E-state index < -0.39 is 0 Å². The van der Waals surface area contributed by atoms with Crippen molar-refractivity contribution in [2.45, 2.75) is 25.2 Å². The fraction of sp³-hybridized carbons (Fsp3) is 0.381. The minimum Gasteiger partial charge on any atom is -0.338 e. The van der Waals surface area contributed by atoms with Crippen LogP contribution < -0.4 is 10.6 Å². The van der Waals surface area contributed by atoms with Gasteiger partial charge < -0.3 is 15.5 Å². The van der Waals surface area contributed by atoms with Crippen LogP contribution in [-0.4, -0.2) is 37.1 Å². The van der Waals surface area contributed by atoms with E-state index in [4.69, 9.17) is 23.2 Å². The Balaban J connectivity index is 1.31. The third-order valence-corrected chi connectivity index (χ3v) is 5.71. The highest BCUT2D eigenvalue weighted by Gasteiger charge is 2.19. The molecule has 2 amide bonds. The first kappa shape index (κ1) is 20.0. The lowest BCUT2D eigenvalue weighted by molar-refractivity contribution is 0.209. The van der Waals surface area contributed by atoms with Gasteiger partial charge in [0.25, 0.3) is 0 Å². The summed E-state index contributed by atoms with van der Waals surface area (Å²) < 4.78 is 0. The molecule has 144 valence electrons. The van der Waals surface area contributed by atoms with Crippen LogP contribution in [0.3, 0.4) is 0 Å². The van der Waals surface area contributed by atoms with E-state index in [0.717, 1.165) is 26.1 Å². The predicted molar refractivity (Wildman–Crippen MR) is 113 cm³/mol. The first-order chi connectivity index (χ1) is 13.1. The van der Waals surface area contributed by atoms with Crippen LogP contribution in [0.5, 0.6) is 0 Å². The molecule has 1 aliphatic heterocycles. The quantitative estimate of drug-likeness (QED) is 0.633. The molecule has 2 aromatic rings. The van der Waals surface area contributed by atoms with Crippen LogP contribution in [0.25, 0.3) is 0 Å². The number of nitrogens with one attached hydrogen (secondary N) is 2. The number of hydrogen-bond donors (Lipinski definition) is 2. The number of urea groups is 1. The van der Waals surface area contributed by atoms with Crippen molar-refractivity contribution in [3.8, 4) is 0 Å². The number of piperidine rings is 1. The predicted octanol–water partition coefficient (Wildman–Crippen LogP) is 5.38. The number of benzene rings is 2.